The third kappa shape index (κ3) is 3.81. The Kier molecular flexibility index (Phi) is 5.14. The number of hydrogen-bond donors (Lipinski definition) is 0. The van der Waals surface area contributed by atoms with Crippen LogP contribution >= 0.6 is 0 Å². The van der Waals surface area contributed by atoms with E-state index in [1.807, 2.05) is 13.0 Å². The molecule has 3 rings (SSSR count). The van der Waals surface area contributed by atoms with E-state index in [1.165, 1.54) is 18.2 Å². The Balaban J connectivity index is 2.16. The van der Waals surface area contributed by atoms with Crippen LogP contribution in [0.2, 0.25) is 0 Å². The van der Waals surface area contributed by atoms with Crippen LogP contribution in [0.1, 0.15) is 21.5 Å². The normalized spacial score (nSPS) is 12.0. The quantitative estimate of drug-likeness (QED) is 0.489. The number of rotatable bonds is 5. The first kappa shape index (κ1) is 17.8. The Hall–Kier alpha value is -2.98. The lowest BCUT2D eigenvalue weighted by Gasteiger charge is -2.10. The molecule has 0 saturated heterocycles. The van der Waals surface area contributed by atoms with Gasteiger partial charge in [0.2, 0.25) is 15.6 Å². The molecule has 3 aromatic rings. The molecule has 0 bridgehead atoms. The van der Waals surface area contributed by atoms with Gasteiger partial charge in [-0.2, -0.15) is 0 Å². The highest BCUT2D eigenvalue weighted by molar-refractivity contribution is 7.96. The summed E-state index contributed by atoms with van der Waals surface area (Å²) < 4.78 is 26.3. The Morgan fingerprint density at radius 3 is 1.88 bits per heavy atom. The van der Waals surface area contributed by atoms with Gasteiger partial charge in [0.25, 0.3) is 0 Å². The summed E-state index contributed by atoms with van der Waals surface area (Å²) in [7, 11) is -3.95. The molecule has 130 valence electrons. The van der Waals surface area contributed by atoms with E-state index < -0.39 is 15.6 Å². The summed E-state index contributed by atoms with van der Waals surface area (Å²) in [5, 5.41) is 0. The summed E-state index contributed by atoms with van der Waals surface area (Å²) in [6.45, 7) is 1.88. The van der Waals surface area contributed by atoms with Crippen LogP contribution in [-0.2, 0) is 9.84 Å². The van der Waals surface area contributed by atoms with Crippen molar-refractivity contribution in [2.45, 2.75) is 11.8 Å². The molecule has 3 nitrogen and oxygen atoms in total. The van der Waals surface area contributed by atoms with Crippen molar-refractivity contribution in [3.8, 4) is 0 Å². The topological polar surface area (TPSA) is 51.2 Å². The number of sulfone groups is 1. The van der Waals surface area contributed by atoms with Crippen molar-refractivity contribution in [1.29, 1.82) is 0 Å². The monoisotopic (exact) mass is 362 g/mol. The van der Waals surface area contributed by atoms with Gasteiger partial charge in [-0.3, -0.25) is 4.79 Å². The van der Waals surface area contributed by atoms with Crippen molar-refractivity contribution in [2.75, 3.05) is 0 Å². The first-order valence-corrected chi connectivity index (χ1v) is 9.65. The second-order valence-electron chi connectivity index (χ2n) is 5.93. The standard InChI is InChI=1S/C22H18O3S/c1-17-12-14-20(15-13-17)26(24,25)21(16-18-8-4-2-5-9-18)22(23)19-10-6-3-7-11-19/h2-16H,1H3/b21-16-. The number of benzene rings is 3. The van der Waals surface area contributed by atoms with Gasteiger partial charge in [-0.25, -0.2) is 8.42 Å². The van der Waals surface area contributed by atoms with Gasteiger partial charge in [0.05, 0.1) is 4.90 Å². The number of allylic oxidation sites excluding steroid dienone is 1. The fourth-order valence-electron chi connectivity index (χ4n) is 2.54. The van der Waals surface area contributed by atoms with E-state index in [9.17, 15) is 13.2 Å². The molecule has 26 heavy (non-hydrogen) atoms. The molecule has 0 amide bonds. The van der Waals surface area contributed by atoms with Crippen molar-refractivity contribution in [3.05, 3.63) is 107 Å². The molecule has 0 N–H and O–H groups in total. The van der Waals surface area contributed by atoms with Crippen LogP contribution in [0.25, 0.3) is 6.08 Å². The average Bonchev–Trinajstić information content (AvgIpc) is 2.67. The van der Waals surface area contributed by atoms with Gasteiger partial charge in [0.15, 0.2) is 0 Å². The minimum atomic E-state index is -3.95. The summed E-state index contributed by atoms with van der Waals surface area (Å²) in [6.07, 6.45) is 1.44. The summed E-state index contributed by atoms with van der Waals surface area (Å²) >= 11 is 0. The third-order valence-corrected chi connectivity index (χ3v) is 5.75. The number of ketones is 1. The van der Waals surface area contributed by atoms with Gasteiger partial charge < -0.3 is 0 Å². The van der Waals surface area contributed by atoms with Gasteiger partial charge in [-0.1, -0.05) is 78.4 Å². The number of Topliss-reactive ketones (excluding diaryl/α,β-unsaturated/α-hetero) is 1. The Morgan fingerprint density at radius 2 is 1.31 bits per heavy atom. The van der Waals surface area contributed by atoms with Crippen LogP contribution in [0.3, 0.4) is 0 Å². The highest BCUT2D eigenvalue weighted by Gasteiger charge is 2.27. The highest BCUT2D eigenvalue weighted by Crippen LogP contribution is 2.25. The van der Waals surface area contributed by atoms with Crippen LogP contribution in [0.4, 0.5) is 0 Å². The van der Waals surface area contributed by atoms with Gasteiger partial charge in [-0.15, -0.1) is 0 Å². The molecule has 0 aliphatic rings. The summed E-state index contributed by atoms with van der Waals surface area (Å²) in [6, 6.07) is 23.9. The predicted molar refractivity (Wildman–Crippen MR) is 104 cm³/mol. The van der Waals surface area contributed by atoms with Crippen LogP contribution in [0.15, 0.2) is 94.7 Å². The number of aryl methyl sites for hydroxylation is 1. The van der Waals surface area contributed by atoms with Crippen LogP contribution in [-0.4, -0.2) is 14.2 Å². The number of carbonyl (C=O) groups is 1. The molecule has 0 aromatic heterocycles. The maximum Gasteiger partial charge on any atom is 0.210 e. The largest absolute Gasteiger partial charge is 0.288 e. The maximum absolute atomic E-state index is 13.2. The zero-order chi connectivity index (χ0) is 18.6. The van der Waals surface area contributed by atoms with E-state index in [0.29, 0.717) is 11.1 Å². The van der Waals surface area contributed by atoms with E-state index in [0.717, 1.165) is 5.56 Å². The van der Waals surface area contributed by atoms with Crippen LogP contribution in [0.5, 0.6) is 0 Å². The van der Waals surface area contributed by atoms with E-state index in [2.05, 4.69) is 0 Å². The molecule has 3 aromatic carbocycles. The lowest BCUT2D eigenvalue weighted by Crippen LogP contribution is -2.14. The van der Waals surface area contributed by atoms with Crippen molar-refractivity contribution in [2.24, 2.45) is 0 Å². The van der Waals surface area contributed by atoms with Crippen molar-refractivity contribution < 1.29 is 13.2 Å². The second kappa shape index (κ2) is 7.50. The Morgan fingerprint density at radius 1 is 0.769 bits per heavy atom. The fraction of sp³-hybridized carbons (Fsp3) is 0.0455. The zero-order valence-electron chi connectivity index (χ0n) is 14.3. The summed E-state index contributed by atoms with van der Waals surface area (Å²) in [5.74, 6) is -0.518. The number of carbonyl (C=O) groups excluding carboxylic acids is 1. The molecular formula is C22H18O3S. The lowest BCUT2D eigenvalue weighted by molar-refractivity contribution is 0.104. The SMILES string of the molecule is Cc1ccc(S(=O)(=O)/C(=C\c2ccccc2)C(=O)c2ccccc2)cc1. The molecule has 0 fully saturated rings. The predicted octanol–water partition coefficient (Wildman–Crippen LogP) is 4.69. The van der Waals surface area contributed by atoms with Crippen molar-refractivity contribution in [1.82, 2.24) is 0 Å². The smallest absolute Gasteiger partial charge is 0.210 e. The van der Waals surface area contributed by atoms with Crippen LogP contribution < -0.4 is 0 Å². The average molecular weight is 362 g/mol. The summed E-state index contributed by atoms with van der Waals surface area (Å²) in [5.41, 5.74) is 1.94. The molecular weight excluding hydrogens is 344 g/mol. The minimum absolute atomic E-state index is 0.106. The molecule has 0 unspecified atom stereocenters. The number of hydrogen-bond acceptors (Lipinski definition) is 3. The lowest BCUT2D eigenvalue weighted by atomic mass is 10.1. The van der Waals surface area contributed by atoms with Crippen LogP contribution in [0, 0.1) is 6.92 Å². The van der Waals surface area contributed by atoms with E-state index in [-0.39, 0.29) is 9.80 Å². The Bertz CT molecular complexity index is 1030. The van der Waals surface area contributed by atoms with Gasteiger partial charge in [0.1, 0.15) is 4.91 Å². The fourth-order valence-corrected chi connectivity index (χ4v) is 3.94. The summed E-state index contributed by atoms with van der Waals surface area (Å²) in [4.78, 5) is 12.9. The third-order valence-electron chi connectivity index (χ3n) is 3.98. The molecule has 0 atom stereocenters. The first-order chi connectivity index (χ1) is 12.5. The maximum atomic E-state index is 13.2. The molecule has 0 heterocycles. The Labute approximate surface area is 153 Å². The van der Waals surface area contributed by atoms with E-state index in [4.69, 9.17) is 0 Å². The van der Waals surface area contributed by atoms with Gasteiger partial charge >= 0.3 is 0 Å². The highest BCUT2D eigenvalue weighted by atomic mass is 32.2. The molecule has 4 heteroatoms. The molecule has 0 aliphatic carbocycles. The van der Waals surface area contributed by atoms with Crippen molar-refractivity contribution in [3.63, 3.8) is 0 Å². The minimum Gasteiger partial charge on any atom is -0.288 e. The van der Waals surface area contributed by atoms with Gasteiger partial charge in [0, 0.05) is 5.56 Å². The van der Waals surface area contributed by atoms with E-state index in [1.54, 1.807) is 66.7 Å². The molecule has 0 aliphatic heterocycles. The van der Waals surface area contributed by atoms with Gasteiger partial charge in [-0.05, 0) is 30.7 Å². The van der Waals surface area contributed by atoms with E-state index >= 15 is 0 Å². The van der Waals surface area contributed by atoms with Crippen molar-refractivity contribution >= 4 is 21.7 Å². The molecule has 0 spiro atoms. The second-order valence-corrected chi connectivity index (χ2v) is 7.85. The molecule has 0 saturated carbocycles. The zero-order valence-corrected chi connectivity index (χ0v) is 15.1. The molecule has 0 radical (unpaired) electrons. The first-order valence-electron chi connectivity index (χ1n) is 8.17.